The molecule has 4 rings (SSSR count). The van der Waals surface area contributed by atoms with Gasteiger partial charge in [0.1, 0.15) is 11.5 Å². The van der Waals surface area contributed by atoms with E-state index in [4.69, 9.17) is 21.1 Å². The highest BCUT2D eigenvalue weighted by atomic mass is 35.5. The molecule has 4 aromatic carbocycles. The van der Waals surface area contributed by atoms with Crippen LogP contribution in [-0.2, 0) is 21.0 Å². The van der Waals surface area contributed by atoms with Gasteiger partial charge in [-0.15, -0.1) is 0 Å². The molecule has 0 radical (unpaired) electrons. The van der Waals surface area contributed by atoms with E-state index in [0.29, 0.717) is 41.6 Å². The molecule has 2 N–H and O–H groups in total. The molecule has 9 heteroatoms. The maximum absolute atomic E-state index is 13.3. The quantitative estimate of drug-likeness (QED) is 0.157. The fraction of sp³-hybridized carbons (Fsp3) is 0.194. The number of aliphatic hydroxyl groups excluding tert-OH is 1. The molecule has 0 amide bonds. The summed E-state index contributed by atoms with van der Waals surface area (Å²) in [7, 11) is -3.78. The molecular formula is C31H30ClNO6S. The molecule has 0 heterocycles. The molecule has 0 aliphatic carbocycles. The van der Waals surface area contributed by atoms with Crippen molar-refractivity contribution in [2.75, 3.05) is 19.7 Å². The molecule has 0 fully saturated rings. The first-order valence-corrected chi connectivity index (χ1v) is 14.7. The lowest BCUT2D eigenvalue weighted by molar-refractivity contribution is 0.0526. The summed E-state index contributed by atoms with van der Waals surface area (Å²) >= 11 is 5.98. The van der Waals surface area contributed by atoms with Gasteiger partial charge in [-0.05, 0) is 91.7 Å². The van der Waals surface area contributed by atoms with Gasteiger partial charge in [0, 0.05) is 11.6 Å². The zero-order valence-corrected chi connectivity index (χ0v) is 23.5. The number of nitrogens with one attached hydrogen (secondary N) is 1. The number of carbonyl (C=O) groups excluding carboxylic acids is 1. The minimum Gasteiger partial charge on any atom is -0.462 e. The molecule has 0 unspecified atom stereocenters. The molecule has 40 heavy (non-hydrogen) atoms. The van der Waals surface area contributed by atoms with Crippen molar-refractivity contribution in [2.45, 2.75) is 29.2 Å². The third kappa shape index (κ3) is 7.70. The second kappa shape index (κ2) is 13.6. The first-order valence-electron chi connectivity index (χ1n) is 12.8. The highest BCUT2D eigenvalue weighted by Crippen LogP contribution is 2.28. The van der Waals surface area contributed by atoms with Gasteiger partial charge in [0.05, 0.1) is 28.1 Å². The Morgan fingerprint density at radius 3 is 2.33 bits per heavy atom. The van der Waals surface area contributed by atoms with Gasteiger partial charge in [-0.2, -0.15) is 0 Å². The molecule has 208 valence electrons. The second-order valence-electron chi connectivity index (χ2n) is 9.00. The average Bonchev–Trinajstić information content (AvgIpc) is 2.96. The molecule has 1 atom stereocenters. The molecule has 0 bridgehead atoms. The number of benzene rings is 4. The van der Waals surface area contributed by atoms with Crippen LogP contribution >= 0.6 is 11.6 Å². The van der Waals surface area contributed by atoms with Gasteiger partial charge >= 0.3 is 5.97 Å². The minimum absolute atomic E-state index is 0.0935. The number of halogens is 1. The topological polar surface area (TPSA) is 102 Å². The van der Waals surface area contributed by atoms with E-state index in [0.717, 1.165) is 11.1 Å². The predicted molar refractivity (Wildman–Crippen MR) is 154 cm³/mol. The number of hydrogen-bond donors (Lipinski definition) is 2. The largest absolute Gasteiger partial charge is 0.462 e. The highest BCUT2D eigenvalue weighted by Gasteiger charge is 2.19. The molecule has 0 spiro atoms. The Hall–Kier alpha value is -3.69. The van der Waals surface area contributed by atoms with Crippen LogP contribution in [0.4, 0.5) is 0 Å². The molecule has 0 saturated heterocycles. The first-order chi connectivity index (χ1) is 19.3. The van der Waals surface area contributed by atoms with Crippen LogP contribution in [0, 0.1) is 0 Å². The zero-order valence-electron chi connectivity index (χ0n) is 21.9. The van der Waals surface area contributed by atoms with Gasteiger partial charge in [-0.3, -0.25) is 0 Å². The monoisotopic (exact) mass is 579 g/mol. The third-order valence-electron chi connectivity index (χ3n) is 6.09. The molecular weight excluding hydrogens is 550 g/mol. The van der Waals surface area contributed by atoms with Crippen LogP contribution in [0.15, 0.2) is 107 Å². The maximum atomic E-state index is 13.3. The van der Waals surface area contributed by atoms with Crippen LogP contribution in [-0.4, -0.2) is 39.2 Å². The number of sulfone groups is 1. The van der Waals surface area contributed by atoms with Crippen molar-refractivity contribution in [3.05, 3.63) is 119 Å². The van der Waals surface area contributed by atoms with E-state index in [2.05, 4.69) is 5.32 Å². The summed E-state index contributed by atoms with van der Waals surface area (Å²) in [6, 6.07) is 26.6. The fourth-order valence-electron chi connectivity index (χ4n) is 4.02. The summed E-state index contributed by atoms with van der Waals surface area (Å²) in [6.45, 7) is 2.97. The Bertz CT molecular complexity index is 1560. The highest BCUT2D eigenvalue weighted by molar-refractivity contribution is 7.91. The summed E-state index contributed by atoms with van der Waals surface area (Å²) in [5.74, 6) is 0.251. The molecule has 7 nitrogen and oxygen atoms in total. The molecule has 0 saturated carbocycles. The lowest BCUT2D eigenvalue weighted by Crippen LogP contribution is -2.23. The predicted octanol–water partition coefficient (Wildman–Crippen LogP) is 6.01. The Morgan fingerprint density at radius 2 is 1.60 bits per heavy atom. The molecule has 4 aromatic rings. The van der Waals surface area contributed by atoms with Gasteiger partial charge < -0.3 is 19.9 Å². The van der Waals surface area contributed by atoms with Crippen LogP contribution in [0.25, 0.3) is 0 Å². The van der Waals surface area contributed by atoms with E-state index in [9.17, 15) is 18.3 Å². The zero-order chi connectivity index (χ0) is 28.5. The summed E-state index contributed by atoms with van der Waals surface area (Å²) in [5, 5.41) is 14.1. The lowest BCUT2D eigenvalue weighted by atomic mass is 10.1. The smallest absolute Gasteiger partial charge is 0.338 e. The van der Waals surface area contributed by atoms with E-state index in [-0.39, 0.29) is 16.4 Å². The number of aliphatic hydroxyl groups is 1. The minimum atomic E-state index is -3.78. The van der Waals surface area contributed by atoms with Crippen molar-refractivity contribution in [3.8, 4) is 11.5 Å². The Kier molecular flexibility index (Phi) is 9.95. The first kappa shape index (κ1) is 29.3. The normalized spacial score (nSPS) is 12.1. The van der Waals surface area contributed by atoms with Gasteiger partial charge in [0.25, 0.3) is 0 Å². The Labute approximate surface area is 239 Å². The van der Waals surface area contributed by atoms with E-state index in [1.54, 1.807) is 85.8 Å². The summed E-state index contributed by atoms with van der Waals surface area (Å²) < 4.78 is 37.4. The third-order valence-corrected chi connectivity index (χ3v) is 8.09. The van der Waals surface area contributed by atoms with Crippen LogP contribution in [0.1, 0.15) is 34.5 Å². The SMILES string of the molecule is CCOC(=O)c1cccc(Oc2cccc(S(=O)(=O)c3ccc(CCNC[C@H](O)c4cccc(Cl)c4)cc3)c2)c1. The van der Waals surface area contributed by atoms with Crippen molar-refractivity contribution in [1.82, 2.24) is 5.32 Å². The average molecular weight is 580 g/mol. The Morgan fingerprint density at radius 1 is 0.900 bits per heavy atom. The maximum Gasteiger partial charge on any atom is 0.338 e. The van der Waals surface area contributed by atoms with Crippen molar-refractivity contribution in [3.63, 3.8) is 0 Å². The Balaban J connectivity index is 1.36. The summed E-state index contributed by atoms with van der Waals surface area (Å²) in [5.41, 5.74) is 2.05. The molecule has 0 aliphatic heterocycles. The molecule has 0 aliphatic rings. The van der Waals surface area contributed by atoms with E-state index in [1.165, 1.54) is 12.1 Å². The van der Waals surface area contributed by atoms with E-state index in [1.807, 2.05) is 6.07 Å². The number of ether oxygens (including phenoxy) is 2. The van der Waals surface area contributed by atoms with Crippen molar-refractivity contribution in [1.29, 1.82) is 0 Å². The van der Waals surface area contributed by atoms with Crippen LogP contribution in [0.2, 0.25) is 5.02 Å². The van der Waals surface area contributed by atoms with Crippen molar-refractivity contribution < 1.29 is 27.8 Å². The van der Waals surface area contributed by atoms with Gasteiger partial charge in [-0.25, -0.2) is 13.2 Å². The second-order valence-corrected chi connectivity index (χ2v) is 11.4. The van der Waals surface area contributed by atoms with Gasteiger partial charge in [0.15, 0.2) is 0 Å². The summed E-state index contributed by atoms with van der Waals surface area (Å²) in [6.07, 6.45) is -0.0102. The van der Waals surface area contributed by atoms with Crippen molar-refractivity contribution in [2.24, 2.45) is 0 Å². The number of hydrogen-bond acceptors (Lipinski definition) is 7. The van der Waals surface area contributed by atoms with E-state index >= 15 is 0 Å². The lowest BCUT2D eigenvalue weighted by Gasteiger charge is -2.13. The summed E-state index contributed by atoms with van der Waals surface area (Å²) in [4.78, 5) is 12.3. The number of rotatable bonds is 12. The van der Waals surface area contributed by atoms with Crippen LogP contribution in [0.3, 0.4) is 0 Å². The van der Waals surface area contributed by atoms with Gasteiger partial charge in [-0.1, -0.05) is 48.0 Å². The molecule has 0 aromatic heterocycles. The standard InChI is InChI=1S/C31H30ClNO6S/c1-2-38-31(35)24-7-4-9-26(19-24)39-27-10-5-11-29(20-27)40(36,37)28-14-12-22(13-15-28)16-17-33-21-30(34)23-6-3-8-25(32)18-23/h3-15,18-20,30,33-34H,2,16-17,21H2,1H3/t30-/m0/s1. The van der Waals surface area contributed by atoms with Crippen molar-refractivity contribution >= 4 is 27.4 Å². The van der Waals surface area contributed by atoms with Crippen LogP contribution < -0.4 is 10.1 Å². The van der Waals surface area contributed by atoms with Crippen LogP contribution in [0.5, 0.6) is 11.5 Å². The van der Waals surface area contributed by atoms with E-state index < -0.39 is 21.9 Å². The fourth-order valence-corrected chi connectivity index (χ4v) is 5.51. The number of carbonyl (C=O) groups is 1. The number of esters is 1. The van der Waals surface area contributed by atoms with Gasteiger partial charge in [0.2, 0.25) is 9.84 Å².